The first-order valence-electron chi connectivity index (χ1n) is 15.3. The van der Waals surface area contributed by atoms with Crippen LogP contribution in [-0.2, 0) is 37.1 Å². The second-order valence-electron chi connectivity index (χ2n) is 11.2. The van der Waals surface area contributed by atoms with Crippen LogP contribution in [0, 0.1) is 12.2 Å². The minimum atomic E-state index is 0. The summed E-state index contributed by atoms with van der Waals surface area (Å²) < 4.78 is 1.75. The third kappa shape index (κ3) is 7.18. The van der Waals surface area contributed by atoms with E-state index in [2.05, 4.69) is 135 Å². The number of benzene rings is 6. The molecule has 0 unspecified atom stereocenters. The van der Waals surface area contributed by atoms with E-state index in [1.807, 2.05) is 0 Å². The molecule has 8 rings (SSSR count). The van der Waals surface area contributed by atoms with Crippen molar-refractivity contribution in [1.29, 1.82) is 0 Å². The van der Waals surface area contributed by atoms with Gasteiger partial charge in [0.15, 0.2) is 0 Å². The topological polar surface area (TPSA) is 0 Å². The van der Waals surface area contributed by atoms with E-state index in [1.165, 1.54) is 91.0 Å². The van der Waals surface area contributed by atoms with Crippen LogP contribution in [0.15, 0.2) is 109 Å². The molecule has 0 saturated carbocycles. The molecule has 0 heterocycles. The van der Waals surface area contributed by atoms with Crippen molar-refractivity contribution in [2.24, 2.45) is 0 Å². The summed E-state index contributed by atoms with van der Waals surface area (Å²) in [4.78, 5) is 0. The van der Waals surface area contributed by atoms with E-state index in [-0.39, 0.29) is 24.8 Å². The van der Waals surface area contributed by atoms with Crippen molar-refractivity contribution in [2.45, 2.75) is 52.4 Å². The molecule has 2 aliphatic rings. The SMILES string of the molecule is CCC[C](=[Zr+2])CCC.[C-]1=CCc2c1ccc1ccc3ccccc3c21.[C-]1=CCc2c1ccc1ccc3ccccc3c21.[Cl-].[Cl-]. The van der Waals surface area contributed by atoms with Gasteiger partial charge in [-0.1, -0.05) is 96.4 Å². The number of fused-ring (bicyclic) bond motifs is 10. The van der Waals surface area contributed by atoms with Crippen molar-refractivity contribution in [2.75, 3.05) is 0 Å². The summed E-state index contributed by atoms with van der Waals surface area (Å²) >= 11 is 1.65. The molecule has 0 radical (unpaired) electrons. The predicted octanol–water partition coefficient (Wildman–Crippen LogP) is 4.83. The van der Waals surface area contributed by atoms with Gasteiger partial charge in [-0.2, -0.15) is 47.6 Å². The van der Waals surface area contributed by atoms with Gasteiger partial charge in [-0.05, 0) is 32.3 Å². The molecule has 0 saturated heterocycles. The molecule has 0 atom stereocenters. The number of hydrogen-bond acceptors (Lipinski definition) is 0. The zero-order chi connectivity index (χ0) is 28.9. The van der Waals surface area contributed by atoms with Crippen LogP contribution in [0.3, 0.4) is 0 Å². The maximum absolute atomic E-state index is 3.33. The molecule has 0 fully saturated rings. The summed E-state index contributed by atoms with van der Waals surface area (Å²) in [5.74, 6) is 0. The third-order valence-electron chi connectivity index (χ3n) is 8.27. The molecule has 2 aliphatic carbocycles. The van der Waals surface area contributed by atoms with Crippen molar-refractivity contribution in [3.05, 3.63) is 144 Å². The van der Waals surface area contributed by atoms with Gasteiger partial charge in [-0.3, -0.25) is 0 Å². The van der Waals surface area contributed by atoms with Crippen LogP contribution in [0.25, 0.3) is 43.1 Å². The Bertz CT molecular complexity index is 1840. The van der Waals surface area contributed by atoms with Crippen LogP contribution in [0.4, 0.5) is 0 Å². The van der Waals surface area contributed by atoms with E-state index in [4.69, 9.17) is 0 Å². The van der Waals surface area contributed by atoms with E-state index in [9.17, 15) is 0 Å². The molecule has 0 spiro atoms. The fraction of sp³-hybridized carbons (Fsp3) is 0.195. The second kappa shape index (κ2) is 15.9. The summed E-state index contributed by atoms with van der Waals surface area (Å²) in [6.07, 6.45) is 18.4. The Morgan fingerprint density at radius 2 is 0.932 bits per heavy atom. The zero-order valence-electron chi connectivity index (χ0n) is 25.4. The van der Waals surface area contributed by atoms with E-state index in [0.717, 1.165) is 12.8 Å². The van der Waals surface area contributed by atoms with Crippen molar-refractivity contribution in [3.63, 3.8) is 0 Å². The van der Waals surface area contributed by atoms with Gasteiger partial charge in [0.1, 0.15) is 0 Å². The summed E-state index contributed by atoms with van der Waals surface area (Å²) in [5, 5.41) is 10.8. The van der Waals surface area contributed by atoms with Gasteiger partial charge in [0.2, 0.25) is 0 Å². The number of halogens is 2. The molecule has 0 N–H and O–H groups in total. The van der Waals surface area contributed by atoms with Crippen LogP contribution >= 0.6 is 0 Å². The van der Waals surface area contributed by atoms with Gasteiger partial charge in [0.05, 0.1) is 0 Å². The van der Waals surface area contributed by atoms with Crippen molar-refractivity contribution in [1.82, 2.24) is 0 Å². The molecular formula is C41H36Cl2Zr-2. The molecule has 6 aromatic rings. The van der Waals surface area contributed by atoms with Crippen LogP contribution in [0.2, 0.25) is 0 Å². The Morgan fingerprint density at radius 3 is 1.36 bits per heavy atom. The maximum Gasteiger partial charge on any atom is -0.0188 e. The van der Waals surface area contributed by atoms with Crippen molar-refractivity contribution < 1.29 is 49.0 Å². The first-order chi connectivity index (χ1) is 20.7. The van der Waals surface area contributed by atoms with Gasteiger partial charge in [-0.25, -0.2) is 0 Å². The monoisotopic (exact) mass is 688 g/mol. The van der Waals surface area contributed by atoms with Gasteiger partial charge in [0.25, 0.3) is 0 Å². The molecule has 0 amide bonds. The quantitative estimate of drug-likeness (QED) is 0.184. The second-order valence-corrected chi connectivity index (χ2v) is 12.9. The molecule has 220 valence electrons. The van der Waals surface area contributed by atoms with Crippen LogP contribution in [0.5, 0.6) is 0 Å². The normalized spacial score (nSPS) is 12.1. The van der Waals surface area contributed by atoms with Gasteiger partial charge in [0, 0.05) is 0 Å². The standard InChI is InChI=1S/2C17H11.C7H14.2ClH.Zr/c2*1-2-6-15-12(4-1)8-10-14-11-9-13-5-3-7-16(13)17(14)15;1-3-5-7-6-4-2;;;/h2*1-4,6,8-11H,7H2;3-6H2,1-2H3;2*1H;/q2*-1;;;;+2/p-2. The van der Waals surface area contributed by atoms with E-state index < -0.39 is 0 Å². The smallest absolute Gasteiger partial charge is 0.0188 e. The molecule has 6 aromatic carbocycles. The average Bonchev–Trinajstić information content (AvgIpc) is 3.71. The van der Waals surface area contributed by atoms with Crippen LogP contribution in [-0.4, -0.2) is 3.21 Å². The summed E-state index contributed by atoms with van der Waals surface area (Å²) in [6.45, 7) is 4.50. The average molecular weight is 691 g/mol. The molecule has 0 nitrogen and oxygen atoms in total. The van der Waals surface area contributed by atoms with Crippen LogP contribution in [0.1, 0.15) is 61.8 Å². The molecule has 0 aromatic heterocycles. The minimum absolute atomic E-state index is 0. The summed E-state index contributed by atoms with van der Waals surface area (Å²) in [7, 11) is 0. The molecule has 44 heavy (non-hydrogen) atoms. The summed E-state index contributed by atoms with van der Waals surface area (Å²) in [5.41, 5.74) is 5.38. The Hall–Kier alpha value is -2.83. The first-order valence-corrected chi connectivity index (χ1v) is 16.5. The van der Waals surface area contributed by atoms with E-state index >= 15 is 0 Å². The molecule has 0 bridgehead atoms. The maximum atomic E-state index is 3.33. The Kier molecular flexibility index (Phi) is 12.3. The zero-order valence-corrected chi connectivity index (χ0v) is 29.4. The van der Waals surface area contributed by atoms with E-state index in [1.54, 1.807) is 27.4 Å². The van der Waals surface area contributed by atoms with Gasteiger partial charge < -0.3 is 24.8 Å². The Balaban J connectivity index is 0.000000158. The van der Waals surface area contributed by atoms with Gasteiger partial charge in [-0.15, -0.1) is 23.3 Å². The third-order valence-corrected chi connectivity index (χ3v) is 9.50. The van der Waals surface area contributed by atoms with Crippen molar-refractivity contribution >= 4 is 46.3 Å². The summed E-state index contributed by atoms with van der Waals surface area (Å²) in [6, 6.07) is 34.8. The number of rotatable bonds is 4. The van der Waals surface area contributed by atoms with Gasteiger partial charge >= 0.3 is 67.0 Å². The fourth-order valence-corrected chi connectivity index (χ4v) is 7.52. The van der Waals surface area contributed by atoms with Crippen LogP contribution < -0.4 is 24.8 Å². The molecule has 0 aliphatic heterocycles. The molecular weight excluding hydrogens is 655 g/mol. The Labute approximate surface area is 289 Å². The minimum Gasteiger partial charge on any atom is -1.00 e. The largest absolute Gasteiger partial charge is 1.00 e. The number of allylic oxidation sites excluding steroid dienone is 2. The Morgan fingerprint density at radius 1 is 0.545 bits per heavy atom. The van der Waals surface area contributed by atoms with E-state index in [0.29, 0.717) is 0 Å². The first kappa shape index (κ1) is 34.1. The molecule has 3 heteroatoms. The number of hydrogen-bond donors (Lipinski definition) is 0. The predicted molar refractivity (Wildman–Crippen MR) is 179 cm³/mol. The van der Waals surface area contributed by atoms with Crippen molar-refractivity contribution in [3.8, 4) is 0 Å². The fourth-order valence-electron chi connectivity index (χ4n) is 6.29.